The first-order valence-electron chi connectivity index (χ1n) is 8.12. The summed E-state index contributed by atoms with van der Waals surface area (Å²) in [6.45, 7) is 11.9. The van der Waals surface area contributed by atoms with Gasteiger partial charge in [0.25, 0.3) is 0 Å². The number of piperidine rings is 1. The molecule has 0 aliphatic carbocycles. The number of hydrogen-bond donors (Lipinski definition) is 1. The molecule has 1 N–H and O–H groups in total. The molecule has 2 rings (SSSR count). The van der Waals surface area contributed by atoms with E-state index in [0.717, 1.165) is 31.3 Å². The molecule has 0 amide bonds. The van der Waals surface area contributed by atoms with E-state index in [4.69, 9.17) is 4.74 Å². The minimum atomic E-state index is -0.00890. The van der Waals surface area contributed by atoms with Gasteiger partial charge in [-0.2, -0.15) is 0 Å². The molecule has 0 spiro atoms. The molecular weight excluding hydrogens is 236 g/mol. The van der Waals surface area contributed by atoms with Gasteiger partial charge in [-0.15, -0.1) is 0 Å². The Hall–Kier alpha value is -0.120. The van der Waals surface area contributed by atoms with Gasteiger partial charge >= 0.3 is 0 Å². The summed E-state index contributed by atoms with van der Waals surface area (Å²) in [5, 5.41) is 3.74. The zero-order chi connectivity index (χ0) is 13.9. The molecule has 112 valence electrons. The Bertz CT molecular complexity index is 262. The highest BCUT2D eigenvalue weighted by Gasteiger charge is 2.35. The normalized spacial score (nSPS) is 31.1. The van der Waals surface area contributed by atoms with Crippen molar-refractivity contribution in [2.75, 3.05) is 19.7 Å². The highest BCUT2D eigenvalue weighted by atomic mass is 16.5. The number of hydrogen-bond acceptors (Lipinski definition) is 3. The van der Waals surface area contributed by atoms with E-state index in [1.54, 1.807) is 0 Å². The van der Waals surface area contributed by atoms with Crippen LogP contribution in [0.1, 0.15) is 59.8 Å². The summed E-state index contributed by atoms with van der Waals surface area (Å²) in [5.41, 5.74) is -0.00890. The Kier molecular flexibility index (Phi) is 5.27. The molecule has 0 saturated carbocycles. The second-order valence-electron chi connectivity index (χ2n) is 7.26. The van der Waals surface area contributed by atoms with Crippen molar-refractivity contribution in [1.82, 2.24) is 10.2 Å². The van der Waals surface area contributed by atoms with E-state index in [0.29, 0.717) is 0 Å². The Balaban J connectivity index is 1.81. The SMILES string of the molecule is CCCN(CCOC(C)(C)C)C1CC2CCC(C1)N2. The predicted octanol–water partition coefficient (Wildman–Crippen LogP) is 2.80. The van der Waals surface area contributed by atoms with Crippen molar-refractivity contribution in [3.8, 4) is 0 Å². The summed E-state index contributed by atoms with van der Waals surface area (Å²) in [5.74, 6) is 0. The quantitative estimate of drug-likeness (QED) is 0.801. The summed E-state index contributed by atoms with van der Waals surface area (Å²) < 4.78 is 5.91. The second kappa shape index (κ2) is 6.55. The molecule has 2 aliphatic heterocycles. The van der Waals surface area contributed by atoms with Crippen molar-refractivity contribution in [2.45, 2.75) is 83.5 Å². The Morgan fingerprint density at radius 2 is 1.74 bits per heavy atom. The topological polar surface area (TPSA) is 24.5 Å². The molecule has 3 heteroatoms. The number of nitrogens with zero attached hydrogens (tertiary/aromatic N) is 1. The fourth-order valence-corrected chi connectivity index (χ4v) is 3.56. The van der Waals surface area contributed by atoms with Crippen LogP contribution in [0.4, 0.5) is 0 Å². The number of fused-ring (bicyclic) bond motifs is 2. The van der Waals surface area contributed by atoms with Gasteiger partial charge in [0.15, 0.2) is 0 Å². The van der Waals surface area contributed by atoms with Crippen molar-refractivity contribution >= 4 is 0 Å². The summed E-state index contributed by atoms with van der Waals surface area (Å²) in [6.07, 6.45) is 6.70. The highest BCUT2D eigenvalue weighted by molar-refractivity contribution is 4.95. The van der Waals surface area contributed by atoms with E-state index in [1.165, 1.54) is 38.6 Å². The van der Waals surface area contributed by atoms with E-state index < -0.39 is 0 Å². The van der Waals surface area contributed by atoms with Crippen molar-refractivity contribution < 1.29 is 4.74 Å². The van der Waals surface area contributed by atoms with Gasteiger partial charge in [-0.05, 0) is 59.4 Å². The van der Waals surface area contributed by atoms with Crippen LogP contribution in [-0.2, 0) is 4.74 Å². The largest absolute Gasteiger partial charge is 0.375 e. The van der Waals surface area contributed by atoms with E-state index in [1.807, 2.05) is 0 Å². The van der Waals surface area contributed by atoms with Gasteiger partial charge in [0.2, 0.25) is 0 Å². The third-order valence-electron chi connectivity index (χ3n) is 4.39. The lowest BCUT2D eigenvalue weighted by atomic mass is 9.98. The van der Waals surface area contributed by atoms with Crippen molar-refractivity contribution in [3.05, 3.63) is 0 Å². The lowest BCUT2D eigenvalue weighted by molar-refractivity contribution is -0.0204. The maximum Gasteiger partial charge on any atom is 0.0600 e. The van der Waals surface area contributed by atoms with Gasteiger partial charge < -0.3 is 10.1 Å². The van der Waals surface area contributed by atoms with Crippen molar-refractivity contribution in [2.24, 2.45) is 0 Å². The van der Waals surface area contributed by atoms with E-state index in [9.17, 15) is 0 Å². The van der Waals surface area contributed by atoms with Crippen LogP contribution < -0.4 is 5.32 Å². The minimum Gasteiger partial charge on any atom is -0.375 e. The Morgan fingerprint density at radius 3 is 2.26 bits per heavy atom. The fraction of sp³-hybridized carbons (Fsp3) is 1.00. The standard InChI is InChI=1S/C16H32N2O/c1-5-8-18(9-10-19-16(2,3)4)15-11-13-6-7-14(12-15)17-13/h13-15,17H,5-12H2,1-4H3. The van der Waals surface area contributed by atoms with Crippen molar-refractivity contribution in [3.63, 3.8) is 0 Å². The first-order valence-corrected chi connectivity index (χ1v) is 8.12. The van der Waals surface area contributed by atoms with E-state index >= 15 is 0 Å². The molecule has 2 heterocycles. The summed E-state index contributed by atoms with van der Waals surface area (Å²) in [7, 11) is 0. The molecule has 0 radical (unpaired) electrons. The minimum absolute atomic E-state index is 0.00890. The summed E-state index contributed by atoms with van der Waals surface area (Å²) in [6, 6.07) is 2.35. The maximum absolute atomic E-state index is 5.91. The maximum atomic E-state index is 5.91. The molecule has 0 aromatic heterocycles. The molecule has 0 aromatic rings. The Morgan fingerprint density at radius 1 is 1.11 bits per heavy atom. The van der Waals surface area contributed by atoms with Crippen molar-refractivity contribution in [1.29, 1.82) is 0 Å². The molecule has 2 aliphatic rings. The summed E-state index contributed by atoms with van der Waals surface area (Å²) in [4.78, 5) is 2.68. The average Bonchev–Trinajstić information content (AvgIpc) is 2.66. The average molecular weight is 268 g/mol. The zero-order valence-corrected chi connectivity index (χ0v) is 13.2. The van der Waals surface area contributed by atoms with Gasteiger partial charge in [0, 0.05) is 24.7 Å². The molecule has 2 saturated heterocycles. The van der Waals surface area contributed by atoms with E-state index in [2.05, 4.69) is 37.9 Å². The van der Waals surface area contributed by atoms with Crippen LogP contribution in [0.2, 0.25) is 0 Å². The first-order chi connectivity index (χ1) is 8.98. The lowest BCUT2D eigenvalue weighted by Crippen LogP contribution is -2.49. The lowest BCUT2D eigenvalue weighted by Gasteiger charge is -2.38. The molecule has 2 fully saturated rings. The second-order valence-corrected chi connectivity index (χ2v) is 7.26. The Labute approximate surface area is 119 Å². The van der Waals surface area contributed by atoms with Crippen LogP contribution in [-0.4, -0.2) is 48.3 Å². The van der Waals surface area contributed by atoms with Crippen LogP contribution in [0.5, 0.6) is 0 Å². The van der Waals surface area contributed by atoms with Gasteiger partial charge in [-0.25, -0.2) is 0 Å². The zero-order valence-electron chi connectivity index (χ0n) is 13.2. The van der Waals surface area contributed by atoms with Crippen LogP contribution in [0.25, 0.3) is 0 Å². The van der Waals surface area contributed by atoms with Crippen LogP contribution in [0, 0.1) is 0 Å². The molecule has 19 heavy (non-hydrogen) atoms. The molecular formula is C16H32N2O. The smallest absolute Gasteiger partial charge is 0.0600 e. The third-order valence-corrected chi connectivity index (χ3v) is 4.39. The molecule has 0 aromatic carbocycles. The highest BCUT2D eigenvalue weighted by Crippen LogP contribution is 2.29. The van der Waals surface area contributed by atoms with E-state index in [-0.39, 0.29) is 5.60 Å². The fourth-order valence-electron chi connectivity index (χ4n) is 3.56. The van der Waals surface area contributed by atoms with Gasteiger partial charge in [0.1, 0.15) is 0 Å². The molecule has 2 atom stereocenters. The molecule has 3 nitrogen and oxygen atoms in total. The van der Waals surface area contributed by atoms with Crippen LogP contribution in [0.15, 0.2) is 0 Å². The number of nitrogens with one attached hydrogen (secondary N) is 1. The number of ether oxygens (including phenoxy) is 1. The van der Waals surface area contributed by atoms with Crippen LogP contribution >= 0.6 is 0 Å². The van der Waals surface area contributed by atoms with Gasteiger partial charge in [-0.1, -0.05) is 6.92 Å². The van der Waals surface area contributed by atoms with Gasteiger partial charge in [-0.3, -0.25) is 4.90 Å². The van der Waals surface area contributed by atoms with Crippen LogP contribution in [0.3, 0.4) is 0 Å². The molecule has 2 unspecified atom stereocenters. The third kappa shape index (κ3) is 4.73. The first kappa shape index (κ1) is 15.3. The predicted molar refractivity (Wildman–Crippen MR) is 80.5 cm³/mol. The summed E-state index contributed by atoms with van der Waals surface area (Å²) >= 11 is 0. The molecule has 2 bridgehead atoms. The van der Waals surface area contributed by atoms with Gasteiger partial charge in [0.05, 0.1) is 12.2 Å². The monoisotopic (exact) mass is 268 g/mol. The number of rotatable bonds is 6.